The summed E-state index contributed by atoms with van der Waals surface area (Å²) in [4.78, 5) is 24.7. The minimum atomic E-state index is -0.419. The molecule has 0 amide bonds. The molecule has 3 aromatic carbocycles. The lowest BCUT2D eigenvalue weighted by atomic mass is 10.0. The van der Waals surface area contributed by atoms with E-state index < -0.39 is 5.97 Å². The molecule has 0 radical (unpaired) electrons. The van der Waals surface area contributed by atoms with Crippen LogP contribution in [0.1, 0.15) is 73.6 Å². The summed E-state index contributed by atoms with van der Waals surface area (Å²) in [7, 11) is 0. The van der Waals surface area contributed by atoms with E-state index >= 15 is 0 Å². The van der Waals surface area contributed by atoms with E-state index in [9.17, 15) is 9.59 Å². The van der Waals surface area contributed by atoms with Crippen molar-refractivity contribution >= 4 is 11.9 Å². The van der Waals surface area contributed by atoms with Gasteiger partial charge in [0.05, 0.1) is 24.3 Å². The van der Waals surface area contributed by atoms with Crippen molar-refractivity contribution in [1.29, 1.82) is 0 Å². The van der Waals surface area contributed by atoms with E-state index in [2.05, 4.69) is 20.8 Å². The summed E-state index contributed by atoms with van der Waals surface area (Å²) < 4.78 is 16.6. The van der Waals surface area contributed by atoms with Crippen LogP contribution < -0.4 is 9.47 Å². The zero-order valence-corrected chi connectivity index (χ0v) is 21.5. The number of rotatable bonds is 13. The van der Waals surface area contributed by atoms with E-state index in [4.69, 9.17) is 14.2 Å². The van der Waals surface area contributed by atoms with Crippen molar-refractivity contribution in [2.75, 3.05) is 13.2 Å². The Morgan fingerprint density at radius 3 is 1.86 bits per heavy atom. The van der Waals surface area contributed by atoms with Gasteiger partial charge in [0.2, 0.25) is 0 Å². The molecule has 1 unspecified atom stereocenters. The molecule has 0 saturated heterocycles. The first-order valence-corrected chi connectivity index (χ1v) is 12.8. The monoisotopic (exact) mass is 488 g/mol. The molecule has 0 N–H and O–H groups in total. The van der Waals surface area contributed by atoms with Gasteiger partial charge in [-0.25, -0.2) is 9.59 Å². The van der Waals surface area contributed by atoms with Crippen LogP contribution in [0, 0.1) is 5.92 Å². The fourth-order valence-electron chi connectivity index (χ4n) is 3.51. The van der Waals surface area contributed by atoms with E-state index in [1.165, 1.54) is 12.8 Å². The highest BCUT2D eigenvalue weighted by Gasteiger charge is 2.11. The number of ether oxygens (including phenoxy) is 3. The van der Waals surface area contributed by atoms with Gasteiger partial charge in [0.1, 0.15) is 11.5 Å². The molecule has 0 spiro atoms. The molecule has 0 aromatic heterocycles. The van der Waals surface area contributed by atoms with Crippen molar-refractivity contribution in [3.63, 3.8) is 0 Å². The molecule has 5 heteroatoms. The third-order valence-electron chi connectivity index (χ3n) is 6.07. The van der Waals surface area contributed by atoms with Crippen LogP contribution in [-0.4, -0.2) is 25.2 Å². The summed E-state index contributed by atoms with van der Waals surface area (Å²) in [5.74, 6) is 0.833. The van der Waals surface area contributed by atoms with Crippen LogP contribution >= 0.6 is 0 Å². The van der Waals surface area contributed by atoms with Crippen LogP contribution in [0.4, 0.5) is 0 Å². The number of carbonyl (C=O) groups is 2. The van der Waals surface area contributed by atoms with Gasteiger partial charge in [-0.15, -0.1) is 0 Å². The minimum Gasteiger partial charge on any atom is -0.494 e. The Kier molecular flexibility index (Phi) is 10.6. The molecule has 3 aromatic rings. The van der Waals surface area contributed by atoms with Crippen molar-refractivity contribution < 1.29 is 23.8 Å². The Hall–Kier alpha value is -3.60. The van der Waals surface area contributed by atoms with E-state index in [0.717, 1.165) is 36.1 Å². The van der Waals surface area contributed by atoms with Crippen molar-refractivity contribution in [3.8, 4) is 22.6 Å². The van der Waals surface area contributed by atoms with Crippen LogP contribution in [0.2, 0.25) is 0 Å². The average molecular weight is 489 g/mol. The van der Waals surface area contributed by atoms with E-state index in [0.29, 0.717) is 36.0 Å². The SMILES string of the molecule is CCCCCCOc1ccc(C(=O)Oc2ccc(-c3ccc(C(=O)OCC(C)CC)cc3)cc2)cc1. The second-order valence-corrected chi connectivity index (χ2v) is 9.04. The molecule has 0 saturated carbocycles. The first-order valence-electron chi connectivity index (χ1n) is 12.8. The summed E-state index contributed by atoms with van der Waals surface area (Å²) in [5, 5.41) is 0. The molecule has 36 heavy (non-hydrogen) atoms. The maximum absolute atomic E-state index is 12.5. The molecule has 0 aliphatic heterocycles. The van der Waals surface area contributed by atoms with Gasteiger partial charge in [-0.2, -0.15) is 0 Å². The smallest absolute Gasteiger partial charge is 0.343 e. The molecule has 0 aliphatic carbocycles. The van der Waals surface area contributed by atoms with E-state index in [1.54, 1.807) is 48.5 Å². The maximum atomic E-state index is 12.5. The number of benzene rings is 3. The second kappa shape index (κ2) is 14.1. The summed E-state index contributed by atoms with van der Waals surface area (Å²) in [6.45, 7) is 7.42. The van der Waals surface area contributed by atoms with Crippen molar-refractivity contribution in [2.24, 2.45) is 5.92 Å². The van der Waals surface area contributed by atoms with Gasteiger partial charge in [0.25, 0.3) is 0 Å². The lowest BCUT2D eigenvalue weighted by molar-refractivity contribution is 0.0447. The Balaban J connectivity index is 1.51. The quantitative estimate of drug-likeness (QED) is 0.140. The van der Waals surface area contributed by atoms with Crippen molar-refractivity contribution in [1.82, 2.24) is 0 Å². The number of hydrogen-bond acceptors (Lipinski definition) is 5. The molecule has 3 rings (SSSR count). The van der Waals surface area contributed by atoms with E-state index in [1.807, 2.05) is 24.3 Å². The van der Waals surface area contributed by atoms with Gasteiger partial charge < -0.3 is 14.2 Å². The summed E-state index contributed by atoms with van der Waals surface area (Å²) >= 11 is 0. The Morgan fingerprint density at radius 1 is 0.694 bits per heavy atom. The molecular weight excluding hydrogens is 452 g/mol. The van der Waals surface area contributed by atoms with Crippen molar-refractivity contribution in [3.05, 3.63) is 83.9 Å². The van der Waals surface area contributed by atoms with Gasteiger partial charge in [-0.05, 0) is 72.0 Å². The molecule has 0 aliphatic rings. The Morgan fingerprint density at radius 2 is 1.25 bits per heavy atom. The fraction of sp³-hybridized carbons (Fsp3) is 0.355. The molecule has 190 valence electrons. The first-order chi connectivity index (χ1) is 17.5. The second-order valence-electron chi connectivity index (χ2n) is 9.04. The van der Waals surface area contributed by atoms with Crippen molar-refractivity contribution in [2.45, 2.75) is 52.9 Å². The predicted octanol–water partition coefficient (Wildman–Crippen LogP) is 7.73. The van der Waals surface area contributed by atoms with E-state index in [-0.39, 0.29) is 5.97 Å². The van der Waals surface area contributed by atoms with Crippen LogP contribution in [0.5, 0.6) is 11.5 Å². The highest BCUT2D eigenvalue weighted by molar-refractivity contribution is 5.91. The average Bonchev–Trinajstić information content (AvgIpc) is 2.92. The summed E-state index contributed by atoms with van der Waals surface area (Å²) in [5.41, 5.74) is 2.90. The standard InChI is InChI=1S/C31H36O5/c1-4-6-7-8-21-34-28-17-15-27(16-18-28)31(33)36-29-19-13-25(14-20-29)24-9-11-26(12-10-24)30(32)35-22-23(3)5-2/h9-20,23H,4-8,21-22H2,1-3H3. The zero-order valence-electron chi connectivity index (χ0n) is 21.5. The van der Waals surface area contributed by atoms with Gasteiger partial charge in [-0.1, -0.05) is 70.7 Å². The van der Waals surface area contributed by atoms with Crippen LogP contribution in [0.25, 0.3) is 11.1 Å². The maximum Gasteiger partial charge on any atom is 0.343 e. The third kappa shape index (κ3) is 8.26. The normalized spacial score (nSPS) is 11.5. The molecule has 0 bridgehead atoms. The number of carbonyl (C=O) groups excluding carboxylic acids is 2. The zero-order chi connectivity index (χ0) is 25.8. The Labute approximate surface area is 214 Å². The molecule has 0 heterocycles. The largest absolute Gasteiger partial charge is 0.494 e. The Bertz CT molecular complexity index is 1090. The molecule has 1 atom stereocenters. The van der Waals surface area contributed by atoms with Gasteiger partial charge in [0.15, 0.2) is 0 Å². The molecule has 0 fully saturated rings. The number of esters is 2. The fourth-order valence-corrected chi connectivity index (χ4v) is 3.51. The summed E-state index contributed by atoms with van der Waals surface area (Å²) in [6, 6.07) is 21.6. The van der Waals surface area contributed by atoms with Gasteiger partial charge in [-0.3, -0.25) is 0 Å². The first kappa shape index (κ1) is 27.0. The highest BCUT2D eigenvalue weighted by Crippen LogP contribution is 2.24. The van der Waals surface area contributed by atoms with Gasteiger partial charge in [0, 0.05) is 0 Å². The lowest BCUT2D eigenvalue weighted by Gasteiger charge is -2.10. The minimum absolute atomic E-state index is 0.310. The van der Waals surface area contributed by atoms with Crippen LogP contribution in [-0.2, 0) is 4.74 Å². The lowest BCUT2D eigenvalue weighted by Crippen LogP contribution is -2.11. The highest BCUT2D eigenvalue weighted by atomic mass is 16.5. The molecular formula is C31H36O5. The predicted molar refractivity (Wildman–Crippen MR) is 143 cm³/mol. The summed E-state index contributed by atoms with van der Waals surface area (Å²) in [6.07, 6.45) is 5.58. The molecule has 5 nitrogen and oxygen atoms in total. The number of hydrogen-bond donors (Lipinski definition) is 0. The number of unbranched alkanes of at least 4 members (excludes halogenated alkanes) is 3. The van der Waals surface area contributed by atoms with Crippen LogP contribution in [0.3, 0.4) is 0 Å². The third-order valence-corrected chi connectivity index (χ3v) is 6.07. The topological polar surface area (TPSA) is 61.8 Å². The van der Waals surface area contributed by atoms with Gasteiger partial charge >= 0.3 is 11.9 Å². The van der Waals surface area contributed by atoms with Crippen LogP contribution in [0.15, 0.2) is 72.8 Å².